The Kier molecular flexibility index (Phi) is 2.19. The van der Waals surface area contributed by atoms with Crippen LogP contribution in [0, 0.1) is 0 Å². The van der Waals surface area contributed by atoms with Gasteiger partial charge in [0.1, 0.15) is 11.9 Å². The summed E-state index contributed by atoms with van der Waals surface area (Å²) in [4.78, 5) is 0. The molecule has 14 heavy (non-hydrogen) atoms. The number of halogens is 1. The molecule has 1 aliphatic carbocycles. The second-order valence-electron chi connectivity index (χ2n) is 4.04. The van der Waals surface area contributed by atoms with E-state index in [1.54, 1.807) is 12.1 Å². The van der Waals surface area contributed by atoms with E-state index in [9.17, 15) is 4.39 Å². The maximum Gasteiger partial charge on any atom is 0.115 e. The smallest absolute Gasteiger partial charge is 0.115 e. The molecule has 0 saturated heterocycles. The highest BCUT2D eigenvalue weighted by atomic mass is 19.1. The molecule has 3 heteroatoms. The van der Waals surface area contributed by atoms with Gasteiger partial charge in [-0.25, -0.2) is 4.39 Å². The molecule has 0 heterocycles. The van der Waals surface area contributed by atoms with Crippen LogP contribution in [0.2, 0.25) is 0 Å². The summed E-state index contributed by atoms with van der Waals surface area (Å²) in [5, 5.41) is 9.13. The van der Waals surface area contributed by atoms with E-state index in [2.05, 4.69) is 0 Å². The largest absolute Gasteiger partial charge is 0.508 e. The Labute approximate surface area is 82.5 Å². The molecule has 0 unspecified atom stereocenters. The lowest BCUT2D eigenvalue weighted by atomic mass is 9.63. The highest BCUT2D eigenvalue weighted by Gasteiger charge is 2.44. The van der Waals surface area contributed by atoms with Crippen LogP contribution in [0.3, 0.4) is 0 Å². The Bertz CT molecular complexity index is 317. The van der Waals surface area contributed by atoms with Crippen molar-refractivity contribution in [3.8, 4) is 5.75 Å². The van der Waals surface area contributed by atoms with Crippen LogP contribution in [0.25, 0.3) is 0 Å². The van der Waals surface area contributed by atoms with Gasteiger partial charge in [-0.1, -0.05) is 12.1 Å². The Morgan fingerprint density at radius 1 is 1.36 bits per heavy atom. The van der Waals surface area contributed by atoms with Crippen molar-refractivity contribution in [3.05, 3.63) is 29.8 Å². The van der Waals surface area contributed by atoms with Gasteiger partial charge in [0.15, 0.2) is 0 Å². The van der Waals surface area contributed by atoms with Crippen molar-refractivity contribution >= 4 is 0 Å². The number of phenolic OH excluding ortho intramolecular Hbond substituents is 1. The SMILES string of the molecule is NCC1(c2ccc(O)cc2)CC(F)C1. The quantitative estimate of drug-likeness (QED) is 0.754. The molecule has 0 aliphatic heterocycles. The van der Waals surface area contributed by atoms with Crippen molar-refractivity contribution in [1.29, 1.82) is 0 Å². The minimum atomic E-state index is -0.715. The highest BCUT2D eigenvalue weighted by molar-refractivity contribution is 5.34. The first-order valence-corrected chi connectivity index (χ1v) is 4.80. The van der Waals surface area contributed by atoms with E-state index >= 15 is 0 Å². The van der Waals surface area contributed by atoms with Gasteiger partial charge in [0, 0.05) is 12.0 Å². The van der Waals surface area contributed by atoms with Gasteiger partial charge in [-0.3, -0.25) is 0 Å². The Morgan fingerprint density at radius 2 is 1.93 bits per heavy atom. The maximum atomic E-state index is 12.9. The molecule has 0 radical (unpaired) electrons. The molecule has 0 bridgehead atoms. The third kappa shape index (κ3) is 1.38. The second-order valence-corrected chi connectivity index (χ2v) is 4.04. The van der Waals surface area contributed by atoms with Gasteiger partial charge in [0.2, 0.25) is 0 Å². The van der Waals surface area contributed by atoms with Crippen LogP contribution in [0.1, 0.15) is 18.4 Å². The lowest BCUT2D eigenvalue weighted by molar-refractivity contribution is 0.0997. The van der Waals surface area contributed by atoms with Crippen LogP contribution >= 0.6 is 0 Å². The fourth-order valence-corrected chi connectivity index (χ4v) is 2.12. The first-order valence-electron chi connectivity index (χ1n) is 4.80. The minimum absolute atomic E-state index is 0.187. The van der Waals surface area contributed by atoms with Gasteiger partial charge in [-0.15, -0.1) is 0 Å². The Hall–Kier alpha value is -1.09. The molecule has 0 amide bonds. The highest BCUT2D eigenvalue weighted by Crippen LogP contribution is 2.44. The van der Waals surface area contributed by atoms with Crippen LogP contribution in [0.4, 0.5) is 4.39 Å². The fraction of sp³-hybridized carbons (Fsp3) is 0.455. The third-order valence-electron chi connectivity index (χ3n) is 3.09. The topological polar surface area (TPSA) is 46.2 Å². The van der Waals surface area contributed by atoms with Crippen LogP contribution in [-0.2, 0) is 5.41 Å². The van der Waals surface area contributed by atoms with Crippen LogP contribution in [0.5, 0.6) is 5.75 Å². The first-order chi connectivity index (χ1) is 6.66. The molecule has 1 saturated carbocycles. The summed E-state index contributed by atoms with van der Waals surface area (Å²) < 4.78 is 12.9. The maximum absolute atomic E-state index is 12.9. The van der Waals surface area contributed by atoms with Crippen molar-refractivity contribution in [2.45, 2.75) is 24.4 Å². The molecular weight excluding hydrogens is 181 g/mol. The molecule has 76 valence electrons. The summed E-state index contributed by atoms with van der Waals surface area (Å²) in [7, 11) is 0. The number of hydrogen-bond donors (Lipinski definition) is 2. The van der Waals surface area contributed by atoms with Crippen molar-refractivity contribution in [2.75, 3.05) is 6.54 Å². The summed E-state index contributed by atoms with van der Waals surface area (Å²) in [6, 6.07) is 6.90. The summed E-state index contributed by atoms with van der Waals surface area (Å²) in [6.07, 6.45) is 0.301. The first kappa shape index (κ1) is 9.46. The molecule has 1 fully saturated rings. The zero-order valence-electron chi connectivity index (χ0n) is 7.91. The normalized spacial score (nSPS) is 31.1. The zero-order valence-corrected chi connectivity index (χ0v) is 7.91. The van der Waals surface area contributed by atoms with E-state index in [0.717, 1.165) is 5.56 Å². The number of alkyl halides is 1. The van der Waals surface area contributed by atoms with E-state index in [4.69, 9.17) is 10.8 Å². The lowest BCUT2D eigenvalue weighted by Gasteiger charge is -2.44. The van der Waals surface area contributed by atoms with Gasteiger partial charge in [-0.05, 0) is 30.5 Å². The Morgan fingerprint density at radius 3 is 2.36 bits per heavy atom. The average molecular weight is 195 g/mol. The van der Waals surface area contributed by atoms with Crippen molar-refractivity contribution in [1.82, 2.24) is 0 Å². The predicted octanol–water partition coefficient (Wildman–Crippen LogP) is 1.72. The van der Waals surface area contributed by atoms with Gasteiger partial charge in [0.25, 0.3) is 0 Å². The van der Waals surface area contributed by atoms with Gasteiger partial charge < -0.3 is 10.8 Å². The summed E-state index contributed by atoms with van der Waals surface area (Å²) in [5.74, 6) is 0.233. The summed E-state index contributed by atoms with van der Waals surface area (Å²) >= 11 is 0. The summed E-state index contributed by atoms with van der Waals surface area (Å²) in [6.45, 7) is 0.470. The molecule has 2 rings (SSSR count). The van der Waals surface area contributed by atoms with Crippen LogP contribution < -0.4 is 5.73 Å². The van der Waals surface area contributed by atoms with Crippen molar-refractivity contribution in [3.63, 3.8) is 0 Å². The summed E-state index contributed by atoms with van der Waals surface area (Å²) in [5.41, 5.74) is 6.52. The monoisotopic (exact) mass is 195 g/mol. The van der Waals surface area contributed by atoms with E-state index < -0.39 is 6.17 Å². The van der Waals surface area contributed by atoms with Gasteiger partial charge >= 0.3 is 0 Å². The predicted molar refractivity (Wildman–Crippen MR) is 53.0 cm³/mol. The van der Waals surface area contributed by atoms with Crippen LogP contribution in [-0.4, -0.2) is 17.8 Å². The van der Waals surface area contributed by atoms with E-state index in [1.807, 2.05) is 12.1 Å². The number of aromatic hydroxyl groups is 1. The Balaban J connectivity index is 2.25. The van der Waals surface area contributed by atoms with E-state index in [0.29, 0.717) is 19.4 Å². The van der Waals surface area contributed by atoms with E-state index in [1.165, 1.54) is 0 Å². The standard InChI is InChI=1S/C11H14FNO/c12-9-5-11(6-9,7-13)8-1-3-10(14)4-2-8/h1-4,9,14H,5-7,13H2. The molecular formula is C11H14FNO. The van der Waals surface area contributed by atoms with Crippen molar-refractivity contribution < 1.29 is 9.50 Å². The molecule has 3 N–H and O–H groups in total. The molecule has 1 aromatic rings. The van der Waals surface area contributed by atoms with E-state index in [-0.39, 0.29) is 11.2 Å². The number of hydrogen-bond acceptors (Lipinski definition) is 2. The van der Waals surface area contributed by atoms with Gasteiger partial charge in [0.05, 0.1) is 0 Å². The molecule has 0 atom stereocenters. The number of nitrogens with two attached hydrogens (primary N) is 1. The second kappa shape index (κ2) is 3.24. The number of benzene rings is 1. The zero-order chi connectivity index (χ0) is 10.2. The molecule has 0 spiro atoms. The number of phenols is 1. The fourth-order valence-electron chi connectivity index (χ4n) is 2.12. The third-order valence-corrected chi connectivity index (χ3v) is 3.09. The van der Waals surface area contributed by atoms with Crippen LogP contribution in [0.15, 0.2) is 24.3 Å². The number of rotatable bonds is 2. The van der Waals surface area contributed by atoms with Crippen molar-refractivity contribution in [2.24, 2.45) is 5.73 Å². The molecule has 1 aliphatic rings. The molecule has 0 aromatic heterocycles. The molecule has 2 nitrogen and oxygen atoms in total. The average Bonchev–Trinajstić information content (AvgIpc) is 2.14. The lowest BCUT2D eigenvalue weighted by Crippen LogP contribution is -2.48. The minimum Gasteiger partial charge on any atom is -0.508 e. The molecule has 1 aromatic carbocycles. The van der Waals surface area contributed by atoms with Gasteiger partial charge in [-0.2, -0.15) is 0 Å².